The van der Waals surface area contributed by atoms with Crippen LogP contribution in [0, 0.1) is 11.7 Å². The molecule has 1 aliphatic rings. The van der Waals surface area contributed by atoms with Gasteiger partial charge in [-0.1, -0.05) is 37.3 Å². The molecular formula is C20H24N4S2. The zero-order valence-corrected chi connectivity index (χ0v) is 16.9. The number of fused-ring (bicyclic) bond motifs is 1. The van der Waals surface area contributed by atoms with E-state index in [0.717, 1.165) is 43.2 Å². The van der Waals surface area contributed by atoms with Gasteiger partial charge in [0, 0.05) is 17.5 Å². The minimum atomic E-state index is 0.464. The monoisotopic (exact) mass is 384 g/mol. The molecule has 0 fully saturated rings. The van der Waals surface area contributed by atoms with Crippen molar-refractivity contribution in [1.82, 2.24) is 19.2 Å². The van der Waals surface area contributed by atoms with Crippen LogP contribution in [0.1, 0.15) is 41.2 Å². The van der Waals surface area contributed by atoms with Gasteiger partial charge in [0.15, 0.2) is 4.77 Å². The topological polar surface area (TPSA) is 26.0 Å². The maximum Gasteiger partial charge on any atom is 0.199 e. The molecule has 1 aromatic carbocycles. The number of benzene rings is 1. The van der Waals surface area contributed by atoms with Crippen molar-refractivity contribution in [3.05, 3.63) is 68.4 Å². The highest BCUT2D eigenvalue weighted by Crippen LogP contribution is 2.35. The number of rotatable bonds is 5. The molecule has 2 aromatic heterocycles. The molecule has 0 amide bonds. The smallest absolute Gasteiger partial charge is 0.199 e. The SMILES string of the molecule is CC[C@@H]1c2ccsc2CCN1Cn1nc(C)n(Cc2ccccc2)c1=S. The molecule has 0 saturated heterocycles. The highest BCUT2D eigenvalue weighted by atomic mass is 32.1. The second kappa shape index (κ2) is 7.47. The van der Waals surface area contributed by atoms with Gasteiger partial charge in [0.05, 0.1) is 13.2 Å². The predicted octanol–water partition coefficient (Wildman–Crippen LogP) is 4.80. The van der Waals surface area contributed by atoms with Crippen molar-refractivity contribution in [3.63, 3.8) is 0 Å². The molecule has 136 valence electrons. The lowest BCUT2D eigenvalue weighted by Crippen LogP contribution is -2.36. The second-order valence-electron chi connectivity index (χ2n) is 6.83. The van der Waals surface area contributed by atoms with Crippen molar-refractivity contribution in [2.45, 2.75) is 45.9 Å². The van der Waals surface area contributed by atoms with Gasteiger partial charge < -0.3 is 0 Å². The standard InChI is InChI=1S/C20H24N4S2/c1-3-18-17-10-12-26-19(17)9-11-22(18)14-24-20(25)23(15(2)21-24)13-16-7-5-4-6-8-16/h4-8,10,12,18H,3,9,11,13-14H2,1-2H3/t18-/m1/s1. The normalized spacial score (nSPS) is 17.4. The number of thiophene rings is 1. The first-order valence-electron chi connectivity index (χ1n) is 9.16. The Morgan fingerprint density at radius 1 is 1.23 bits per heavy atom. The van der Waals surface area contributed by atoms with Gasteiger partial charge in [-0.25, -0.2) is 4.68 Å². The van der Waals surface area contributed by atoms with E-state index in [0.29, 0.717) is 6.04 Å². The van der Waals surface area contributed by atoms with Crippen LogP contribution in [0.3, 0.4) is 0 Å². The van der Waals surface area contributed by atoms with Crippen LogP contribution in [0.15, 0.2) is 41.8 Å². The summed E-state index contributed by atoms with van der Waals surface area (Å²) in [5, 5.41) is 6.97. The predicted molar refractivity (Wildman–Crippen MR) is 109 cm³/mol. The van der Waals surface area contributed by atoms with Crippen molar-refractivity contribution in [1.29, 1.82) is 0 Å². The summed E-state index contributed by atoms with van der Waals surface area (Å²) in [7, 11) is 0. The van der Waals surface area contributed by atoms with E-state index in [2.05, 4.69) is 52.1 Å². The number of nitrogens with zero attached hydrogens (tertiary/aromatic N) is 4. The third-order valence-corrected chi connectivity index (χ3v) is 6.63. The third kappa shape index (κ3) is 3.29. The van der Waals surface area contributed by atoms with E-state index in [1.54, 1.807) is 4.88 Å². The molecule has 3 heterocycles. The zero-order chi connectivity index (χ0) is 18.1. The number of hydrogen-bond acceptors (Lipinski definition) is 4. The molecule has 0 bridgehead atoms. The maximum atomic E-state index is 5.76. The van der Waals surface area contributed by atoms with Crippen LogP contribution in [0.25, 0.3) is 0 Å². The van der Waals surface area contributed by atoms with Crippen LogP contribution in [0.5, 0.6) is 0 Å². The first-order valence-corrected chi connectivity index (χ1v) is 10.4. The van der Waals surface area contributed by atoms with E-state index in [9.17, 15) is 0 Å². The van der Waals surface area contributed by atoms with Crippen LogP contribution in [0.2, 0.25) is 0 Å². The fourth-order valence-corrected chi connectivity index (χ4v) is 5.08. The molecule has 6 heteroatoms. The summed E-state index contributed by atoms with van der Waals surface area (Å²) < 4.78 is 4.93. The zero-order valence-electron chi connectivity index (χ0n) is 15.3. The summed E-state index contributed by atoms with van der Waals surface area (Å²) in [6.07, 6.45) is 2.24. The first-order chi connectivity index (χ1) is 12.7. The molecule has 0 saturated carbocycles. The molecule has 0 N–H and O–H groups in total. The Labute approximate surface area is 163 Å². The molecule has 0 spiro atoms. The summed E-state index contributed by atoms with van der Waals surface area (Å²) in [6.45, 7) is 6.91. The average molecular weight is 385 g/mol. The quantitative estimate of drug-likeness (QED) is 0.591. The third-order valence-electron chi connectivity index (χ3n) is 5.20. The Morgan fingerprint density at radius 2 is 2.04 bits per heavy atom. The molecule has 3 aromatic rings. The van der Waals surface area contributed by atoms with Gasteiger partial charge >= 0.3 is 0 Å². The summed E-state index contributed by atoms with van der Waals surface area (Å²) in [5.74, 6) is 0.972. The van der Waals surface area contributed by atoms with Crippen molar-refractivity contribution >= 4 is 23.6 Å². The van der Waals surface area contributed by atoms with E-state index in [-0.39, 0.29) is 0 Å². The lowest BCUT2D eigenvalue weighted by Gasteiger charge is -2.35. The van der Waals surface area contributed by atoms with Gasteiger partial charge in [0.1, 0.15) is 5.82 Å². The van der Waals surface area contributed by atoms with Crippen molar-refractivity contribution in [2.24, 2.45) is 0 Å². The van der Waals surface area contributed by atoms with Gasteiger partial charge in [0.25, 0.3) is 0 Å². The molecule has 0 aliphatic carbocycles. The van der Waals surface area contributed by atoms with Crippen molar-refractivity contribution in [3.8, 4) is 0 Å². The highest BCUT2D eigenvalue weighted by Gasteiger charge is 2.27. The molecule has 4 nitrogen and oxygen atoms in total. The van der Waals surface area contributed by atoms with Gasteiger partial charge in [-0.2, -0.15) is 5.10 Å². The van der Waals surface area contributed by atoms with Crippen molar-refractivity contribution < 1.29 is 0 Å². The van der Waals surface area contributed by atoms with Gasteiger partial charge in [-0.3, -0.25) is 9.47 Å². The fourth-order valence-electron chi connectivity index (χ4n) is 3.86. The molecule has 1 aliphatic heterocycles. The Bertz CT molecular complexity index is 938. The van der Waals surface area contributed by atoms with E-state index in [1.165, 1.54) is 11.1 Å². The van der Waals surface area contributed by atoms with E-state index in [4.69, 9.17) is 17.3 Å². The first kappa shape index (κ1) is 17.6. The Balaban J connectivity index is 1.58. The minimum absolute atomic E-state index is 0.464. The Kier molecular flexibility index (Phi) is 5.07. The van der Waals surface area contributed by atoms with Crippen LogP contribution < -0.4 is 0 Å². The summed E-state index contributed by atoms with van der Waals surface area (Å²) in [6, 6.07) is 13.2. The molecule has 0 unspecified atom stereocenters. The van der Waals surface area contributed by atoms with Gasteiger partial charge in [0.2, 0.25) is 0 Å². The lowest BCUT2D eigenvalue weighted by atomic mass is 9.98. The summed E-state index contributed by atoms with van der Waals surface area (Å²) in [5.41, 5.74) is 2.74. The molecule has 26 heavy (non-hydrogen) atoms. The number of aromatic nitrogens is 3. The van der Waals surface area contributed by atoms with E-state index < -0.39 is 0 Å². The number of aryl methyl sites for hydroxylation is 1. The van der Waals surface area contributed by atoms with Crippen LogP contribution >= 0.6 is 23.6 Å². The molecule has 4 rings (SSSR count). The highest BCUT2D eigenvalue weighted by molar-refractivity contribution is 7.71. The van der Waals surface area contributed by atoms with E-state index in [1.807, 2.05) is 29.0 Å². The van der Waals surface area contributed by atoms with Crippen LogP contribution in [-0.2, 0) is 19.6 Å². The Hall–Kier alpha value is -1.76. The van der Waals surface area contributed by atoms with Gasteiger partial charge in [-0.15, -0.1) is 11.3 Å². The second-order valence-corrected chi connectivity index (χ2v) is 8.19. The Morgan fingerprint density at radius 3 is 2.81 bits per heavy atom. The summed E-state index contributed by atoms with van der Waals surface area (Å²) in [4.78, 5) is 4.06. The molecular weight excluding hydrogens is 360 g/mol. The van der Waals surface area contributed by atoms with Crippen LogP contribution in [-0.4, -0.2) is 25.8 Å². The molecule has 1 atom stereocenters. The van der Waals surface area contributed by atoms with Crippen LogP contribution in [0.4, 0.5) is 0 Å². The van der Waals surface area contributed by atoms with Crippen molar-refractivity contribution in [2.75, 3.05) is 6.54 Å². The summed E-state index contributed by atoms with van der Waals surface area (Å²) >= 11 is 7.65. The largest absolute Gasteiger partial charge is 0.300 e. The lowest BCUT2D eigenvalue weighted by molar-refractivity contribution is 0.129. The number of hydrogen-bond donors (Lipinski definition) is 0. The fraction of sp³-hybridized carbons (Fsp3) is 0.400. The van der Waals surface area contributed by atoms with Gasteiger partial charge in [-0.05, 0) is 54.6 Å². The minimum Gasteiger partial charge on any atom is -0.300 e. The molecule has 0 radical (unpaired) electrons. The maximum absolute atomic E-state index is 5.76. The average Bonchev–Trinajstić information content (AvgIpc) is 3.23. The van der Waals surface area contributed by atoms with E-state index >= 15 is 0 Å².